The van der Waals surface area contributed by atoms with Gasteiger partial charge < -0.3 is 21.0 Å². The van der Waals surface area contributed by atoms with Crippen molar-refractivity contribution in [2.45, 2.75) is 36.6 Å². The highest BCUT2D eigenvalue weighted by Gasteiger charge is 2.54. The van der Waals surface area contributed by atoms with Crippen molar-refractivity contribution in [3.63, 3.8) is 0 Å². The summed E-state index contributed by atoms with van der Waals surface area (Å²) in [4.78, 5) is 60.6. The van der Waals surface area contributed by atoms with Crippen LogP contribution in [0.4, 0.5) is 5.13 Å². The van der Waals surface area contributed by atoms with Gasteiger partial charge in [-0.2, -0.15) is 0 Å². The maximum Gasteiger partial charge on any atom is 0.352 e. The molecule has 3 heterocycles. The standard InChI is InChI=1S/C25H28N6O6S4/c1-12-4-5-16(41-27-6-7-38-13(2)32)9-14(12)8-15-10-39-23-19(22(34)31(23)20(15)24(35)36)29-21(33)18(30-37-3)17-11-40-25(26)28-17/h4-5,9,11,19,23,27H,6-8,10H2,1-3H3,(H2,26,28)(H,29,33)(H,35,36)/b30-18-/t19-,23-/m1/s1. The summed E-state index contributed by atoms with van der Waals surface area (Å²) < 4.78 is 3.23. The van der Waals surface area contributed by atoms with Crippen LogP contribution in [0, 0.1) is 6.92 Å². The molecule has 16 heteroatoms. The molecule has 1 saturated heterocycles. The first-order chi connectivity index (χ1) is 19.6. The van der Waals surface area contributed by atoms with Gasteiger partial charge in [0, 0.05) is 35.2 Å². The number of carbonyl (C=O) groups is 4. The molecule has 2 aromatic rings. The van der Waals surface area contributed by atoms with E-state index in [4.69, 9.17) is 10.6 Å². The highest BCUT2D eigenvalue weighted by molar-refractivity contribution is 8.13. The van der Waals surface area contributed by atoms with Gasteiger partial charge in [-0.15, -0.1) is 23.1 Å². The second-order valence-electron chi connectivity index (χ2n) is 8.91. The average molecular weight is 637 g/mol. The quantitative estimate of drug-likeness (QED) is 0.0880. The van der Waals surface area contributed by atoms with Crippen molar-refractivity contribution in [3.8, 4) is 0 Å². The Morgan fingerprint density at radius 3 is 2.78 bits per heavy atom. The van der Waals surface area contributed by atoms with Gasteiger partial charge in [-0.25, -0.2) is 9.78 Å². The third kappa shape index (κ3) is 7.24. The number of benzene rings is 1. The fraction of sp³-hybridized carbons (Fsp3) is 0.360. The number of carboxylic acid groups (broad SMARTS) is 1. The van der Waals surface area contributed by atoms with Crippen LogP contribution in [0.5, 0.6) is 0 Å². The molecule has 1 fully saturated rings. The minimum atomic E-state index is -1.20. The molecule has 2 atom stereocenters. The molecule has 0 saturated carbocycles. The number of thiazole rings is 1. The highest BCUT2D eigenvalue weighted by atomic mass is 32.2. The molecule has 1 aromatic carbocycles. The molecule has 0 radical (unpaired) electrons. The summed E-state index contributed by atoms with van der Waals surface area (Å²) in [5, 5.41) is 17.8. The third-order valence-electron chi connectivity index (χ3n) is 6.12. The van der Waals surface area contributed by atoms with Crippen molar-refractivity contribution in [2.75, 3.05) is 30.9 Å². The Labute approximate surface area is 253 Å². The maximum atomic E-state index is 13.2. The van der Waals surface area contributed by atoms with Crippen LogP contribution in [-0.2, 0) is 30.4 Å². The summed E-state index contributed by atoms with van der Waals surface area (Å²) in [6.07, 6.45) is 0.360. The maximum absolute atomic E-state index is 13.2. The summed E-state index contributed by atoms with van der Waals surface area (Å²) in [7, 11) is 1.28. The lowest BCUT2D eigenvalue weighted by atomic mass is 9.97. The van der Waals surface area contributed by atoms with Crippen LogP contribution < -0.4 is 15.8 Å². The number of amides is 2. The third-order valence-corrected chi connectivity index (χ3v) is 9.79. The predicted octanol–water partition coefficient (Wildman–Crippen LogP) is 2.24. The summed E-state index contributed by atoms with van der Waals surface area (Å²) in [6.45, 7) is 4.14. The lowest BCUT2D eigenvalue weighted by Crippen LogP contribution is -2.71. The number of nitrogen functional groups attached to an aromatic ring is 1. The first-order valence-electron chi connectivity index (χ1n) is 12.3. The number of aromatic nitrogens is 1. The molecule has 0 unspecified atom stereocenters. The predicted molar refractivity (Wildman–Crippen MR) is 162 cm³/mol. The second-order valence-corrected chi connectivity index (χ2v) is 13.1. The van der Waals surface area contributed by atoms with Gasteiger partial charge in [0.2, 0.25) is 0 Å². The molecule has 12 nitrogen and oxygen atoms in total. The number of aliphatic carboxylic acids is 1. The number of rotatable bonds is 12. The molecular formula is C25H28N6O6S4. The Bertz CT molecular complexity index is 1430. The van der Waals surface area contributed by atoms with E-state index in [9.17, 15) is 24.3 Å². The van der Waals surface area contributed by atoms with Crippen LogP contribution in [0.2, 0.25) is 0 Å². The Hall–Kier alpha value is -3.05. The molecule has 1 aromatic heterocycles. The number of thioether (sulfide) groups is 2. The molecule has 0 aliphatic carbocycles. The van der Waals surface area contributed by atoms with E-state index >= 15 is 0 Å². The monoisotopic (exact) mass is 636 g/mol. The van der Waals surface area contributed by atoms with Crippen molar-refractivity contribution >= 4 is 80.6 Å². The smallest absolute Gasteiger partial charge is 0.352 e. The van der Waals surface area contributed by atoms with Gasteiger partial charge in [0.25, 0.3) is 11.8 Å². The molecular weight excluding hydrogens is 609 g/mol. The van der Waals surface area contributed by atoms with Crippen LogP contribution in [0.15, 0.2) is 44.9 Å². The number of fused-ring (bicyclic) bond motifs is 1. The molecule has 218 valence electrons. The number of β-lactam (4-membered cyclic amide) rings is 1. The van der Waals surface area contributed by atoms with Crippen molar-refractivity contribution in [3.05, 3.63) is 51.7 Å². The van der Waals surface area contributed by atoms with Crippen molar-refractivity contribution in [2.24, 2.45) is 5.16 Å². The topological polar surface area (TPSA) is 176 Å². The van der Waals surface area contributed by atoms with Crippen LogP contribution >= 0.6 is 46.8 Å². The van der Waals surface area contributed by atoms with Crippen molar-refractivity contribution in [1.29, 1.82) is 0 Å². The molecule has 41 heavy (non-hydrogen) atoms. The molecule has 4 rings (SSSR count). The van der Waals surface area contributed by atoms with Crippen molar-refractivity contribution < 1.29 is 29.1 Å². The zero-order valence-electron chi connectivity index (χ0n) is 22.3. The van der Waals surface area contributed by atoms with Gasteiger partial charge >= 0.3 is 5.97 Å². The fourth-order valence-corrected chi connectivity index (χ4v) is 7.45. The van der Waals surface area contributed by atoms with Gasteiger partial charge in [-0.1, -0.05) is 23.0 Å². The Morgan fingerprint density at radius 1 is 1.34 bits per heavy atom. The van der Waals surface area contributed by atoms with E-state index < -0.39 is 29.2 Å². The fourth-order valence-electron chi connectivity index (χ4n) is 4.22. The van der Waals surface area contributed by atoms with E-state index in [1.54, 1.807) is 5.38 Å². The number of hydrogen-bond acceptors (Lipinski definition) is 13. The lowest BCUT2D eigenvalue weighted by Gasteiger charge is -2.49. The van der Waals surface area contributed by atoms with E-state index in [-0.39, 0.29) is 27.3 Å². The number of nitrogens with one attached hydrogen (secondary N) is 2. The van der Waals surface area contributed by atoms with E-state index in [0.717, 1.165) is 27.4 Å². The van der Waals surface area contributed by atoms with Gasteiger partial charge in [0.1, 0.15) is 29.9 Å². The van der Waals surface area contributed by atoms with E-state index in [0.29, 0.717) is 30.0 Å². The number of hydrogen-bond donors (Lipinski definition) is 4. The van der Waals surface area contributed by atoms with E-state index in [2.05, 4.69) is 20.2 Å². The number of carboxylic acids is 1. The van der Waals surface area contributed by atoms with Gasteiger partial charge in [0.15, 0.2) is 16.0 Å². The number of anilines is 1. The molecule has 0 bridgehead atoms. The van der Waals surface area contributed by atoms with Gasteiger partial charge in [-0.3, -0.25) is 24.0 Å². The lowest BCUT2D eigenvalue weighted by molar-refractivity contribution is -0.150. The first kappa shape index (κ1) is 30.9. The normalized spacial score (nSPS) is 18.6. The van der Waals surface area contributed by atoms with E-state index in [1.807, 2.05) is 25.1 Å². The minimum absolute atomic E-state index is 0.0563. The Morgan fingerprint density at radius 2 is 2.12 bits per heavy atom. The van der Waals surface area contributed by atoms with Crippen LogP contribution in [0.3, 0.4) is 0 Å². The molecule has 2 aliphatic rings. The first-order valence-corrected chi connectivity index (χ1v) is 16.0. The van der Waals surface area contributed by atoms with Crippen LogP contribution in [-0.4, -0.2) is 80.2 Å². The molecule has 2 aliphatic heterocycles. The zero-order valence-corrected chi connectivity index (χ0v) is 25.6. The largest absolute Gasteiger partial charge is 0.477 e. The van der Waals surface area contributed by atoms with Gasteiger partial charge in [0.05, 0.1) is 0 Å². The average Bonchev–Trinajstić information content (AvgIpc) is 3.36. The van der Waals surface area contributed by atoms with Crippen LogP contribution in [0.1, 0.15) is 23.7 Å². The number of nitrogens with zero attached hydrogens (tertiary/aromatic N) is 3. The minimum Gasteiger partial charge on any atom is -0.477 e. The molecule has 0 spiro atoms. The Balaban J connectivity index is 1.46. The number of carbonyl (C=O) groups excluding carboxylic acids is 3. The van der Waals surface area contributed by atoms with E-state index in [1.165, 1.54) is 54.4 Å². The molecule has 5 N–H and O–H groups in total. The summed E-state index contributed by atoms with van der Waals surface area (Å²) >= 11 is 5.22. The van der Waals surface area contributed by atoms with Gasteiger partial charge in [-0.05, 0) is 54.1 Å². The SMILES string of the molecule is CO/N=C(\C(=O)N[C@@H]1C(=O)N2C(C(=O)O)=C(Cc3cc(SNCCSC(C)=O)ccc3C)CS[C@H]12)c1csc(N)n1. The summed E-state index contributed by atoms with van der Waals surface area (Å²) in [5.74, 6) is -1.36. The Kier molecular flexibility index (Phi) is 10.4. The number of aryl methyl sites for hydroxylation is 1. The number of nitrogens with two attached hydrogens (primary N) is 1. The highest BCUT2D eigenvalue weighted by Crippen LogP contribution is 2.41. The second kappa shape index (κ2) is 13.7. The van der Waals surface area contributed by atoms with Crippen LogP contribution in [0.25, 0.3) is 0 Å². The number of oxime groups is 1. The molecule has 2 amide bonds. The zero-order chi connectivity index (χ0) is 29.7. The van der Waals surface area contributed by atoms with Crippen molar-refractivity contribution in [1.82, 2.24) is 19.9 Å². The summed E-state index contributed by atoms with van der Waals surface area (Å²) in [5.41, 5.74) is 8.25. The summed E-state index contributed by atoms with van der Waals surface area (Å²) in [6, 6.07) is 5.01.